The summed E-state index contributed by atoms with van der Waals surface area (Å²) in [6, 6.07) is 12.0. The average molecular weight is 314 g/mol. The van der Waals surface area contributed by atoms with Gasteiger partial charge in [-0.2, -0.15) is 5.10 Å². The number of rotatable bonds is 4. The first-order chi connectivity index (χ1) is 11.2. The van der Waals surface area contributed by atoms with Crippen LogP contribution in [0.2, 0.25) is 0 Å². The van der Waals surface area contributed by atoms with Gasteiger partial charge in [0, 0.05) is 31.4 Å². The van der Waals surface area contributed by atoms with Crippen LogP contribution in [0.3, 0.4) is 0 Å². The van der Waals surface area contributed by atoms with Gasteiger partial charge >= 0.3 is 5.97 Å². The van der Waals surface area contributed by atoms with Crippen LogP contribution in [0.25, 0.3) is 0 Å². The lowest BCUT2D eigenvalue weighted by Gasteiger charge is -2.32. The summed E-state index contributed by atoms with van der Waals surface area (Å²) in [5, 5.41) is 7.89. The van der Waals surface area contributed by atoms with E-state index in [1.807, 2.05) is 22.9 Å². The molecule has 3 rings (SSSR count). The van der Waals surface area contributed by atoms with Crippen LogP contribution in [-0.4, -0.2) is 48.5 Å². The maximum absolute atomic E-state index is 11.7. The zero-order valence-corrected chi connectivity index (χ0v) is 13.5. The number of carbonyl (C=O) groups excluding carboxylic acids is 1. The van der Waals surface area contributed by atoms with Crippen molar-refractivity contribution >= 4 is 11.8 Å². The van der Waals surface area contributed by atoms with Gasteiger partial charge < -0.3 is 15.0 Å². The maximum atomic E-state index is 11.7. The van der Waals surface area contributed by atoms with E-state index in [-0.39, 0.29) is 12.0 Å². The lowest BCUT2D eigenvalue weighted by molar-refractivity contribution is -0.143. The number of methoxy groups -OCH3 is 1. The molecule has 1 N–H and O–H groups in total. The number of aromatic nitrogens is 2. The van der Waals surface area contributed by atoms with Crippen molar-refractivity contribution in [1.29, 1.82) is 0 Å². The van der Waals surface area contributed by atoms with Crippen molar-refractivity contribution in [3.05, 3.63) is 47.7 Å². The van der Waals surface area contributed by atoms with Crippen LogP contribution in [-0.2, 0) is 16.1 Å². The monoisotopic (exact) mass is 314 g/mol. The van der Waals surface area contributed by atoms with Crippen molar-refractivity contribution in [2.24, 2.45) is 0 Å². The molecule has 1 aliphatic heterocycles. The average Bonchev–Trinajstić information content (AvgIpc) is 2.96. The second-order valence-electron chi connectivity index (χ2n) is 5.76. The molecular weight excluding hydrogens is 292 g/mol. The number of nitrogens with one attached hydrogen (secondary N) is 1. The van der Waals surface area contributed by atoms with E-state index in [1.165, 1.54) is 12.7 Å². The van der Waals surface area contributed by atoms with Gasteiger partial charge in [-0.25, -0.2) is 0 Å². The molecule has 0 spiro atoms. The molecule has 6 nitrogen and oxygen atoms in total. The van der Waals surface area contributed by atoms with Gasteiger partial charge in [-0.05, 0) is 12.5 Å². The molecule has 1 saturated heterocycles. The number of anilines is 1. The summed E-state index contributed by atoms with van der Waals surface area (Å²) in [5.74, 6) is 0.684. The number of piperazine rings is 1. The third kappa shape index (κ3) is 3.53. The molecule has 2 heterocycles. The number of nitrogens with zero attached hydrogens (tertiary/aromatic N) is 3. The van der Waals surface area contributed by atoms with Gasteiger partial charge in [0.15, 0.2) is 5.82 Å². The molecule has 1 fully saturated rings. The highest BCUT2D eigenvalue weighted by atomic mass is 16.5. The minimum absolute atomic E-state index is 0.227. The van der Waals surface area contributed by atoms with Crippen LogP contribution in [0, 0.1) is 6.92 Å². The molecule has 1 aromatic carbocycles. The highest BCUT2D eigenvalue weighted by molar-refractivity contribution is 5.76. The van der Waals surface area contributed by atoms with Gasteiger partial charge in [0.2, 0.25) is 0 Å². The van der Waals surface area contributed by atoms with E-state index in [1.54, 1.807) is 0 Å². The zero-order chi connectivity index (χ0) is 16.2. The molecule has 0 saturated carbocycles. The topological polar surface area (TPSA) is 59.4 Å². The molecule has 1 aliphatic rings. The number of esters is 1. The van der Waals surface area contributed by atoms with Crippen LogP contribution in [0.4, 0.5) is 5.82 Å². The fourth-order valence-electron chi connectivity index (χ4n) is 2.82. The number of carbonyl (C=O) groups is 1. The van der Waals surface area contributed by atoms with Gasteiger partial charge in [0.1, 0.15) is 6.04 Å². The number of aryl methyl sites for hydroxylation is 1. The number of hydrogen-bond acceptors (Lipinski definition) is 5. The third-order valence-corrected chi connectivity index (χ3v) is 4.13. The normalized spacial score (nSPS) is 18.0. The Balaban J connectivity index is 1.73. The molecule has 1 atom stereocenters. The van der Waals surface area contributed by atoms with Crippen LogP contribution in [0.15, 0.2) is 36.4 Å². The summed E-state index contributed by atoms with van der Waals surface area (Å²) >= 11 is 0. The van der Waals surface area contributed by atoms with Crippen molar-refractivity contribution in [1.82, 2.24) is 15.1 Å². The Hall–Kier alpha value is -2.34. The van der Waals surface area contributed by atoms with Crippen LogP contribution >= 0.6 is 0 Å². The van der Waals surface area contributed by atoms with Crippen molar-refractivity contribution in [2.75, 3.05) is 31.6 Å². The van der Waals surface area contributed by atoms with Crippen molar-refractivity contribution in [2.45, 2.75) is 19.5 Å². The number of hydrogen-bond donors (Lipinski definition) is 1. The van der Waals surface area contributed by atoms with E-state index in [4.69, 9.17) is 9.84 Å². The summed E-state index contributed by atoms with van der Waals surface area (Å²) in [7, 11) is 1.42. The summed E-state index contributed by atoms with van der Waals surface area (Å²) < 4.78 is 6.83. The first-order valence-corrected chi connectivity index (χ1v) is 7.82. The summed E-state index contributed by atoms with van der Waals surface area (Å²) in [6.07, 6.45) is 0. The first-order valence-electron chi connectivity index (χ1n) is 7.82. The SMILES string of the molecule is COC(=O)[C@@H]1CN(c2cc(C)n(Cc3ccccc3)n2)CCN1. The van der Waals surface area contributed by atoms with Gasteiger partial charge in [0.05, 0.1) is 13.7 Å². The molecule has 0 bridgehead atoms. The molecule has 122 valence electrons. The Kier molecular flexibility index (Phi) is 4.62. The van der Waals surface area contributed by atoms with E-state index in [2.05, 4.69) is 35.3 Å². The highest BCUT2D eigenvalue weighted by Gasteiger charge is 2.27. The molecule has 0 amide bonds. The molecule has 0 radical (unpaired) electrons. The largest absolute Gasteiger partial charge is 0.468 e. The predicted molar refractivity (Wildman–Crippen MR) is 88.5 cm³/mol. The van der Waals surface area contributed by atoms with Crippen molar-refractivity contribution in [3.8, 4) is 0 Å². The molecule has 2 aromatic rings. The zero-order valence-electron chi connectivity index (χ0n) is 13.5. The van der Waals surface area contributed by atoms with E-state index < -0.39 is 0 Å². The second-order valence-corrected chi connectivity index (χ2v) is 5.76. The van der Waals surface area contributed by atoms with Crippen LogP contribution < -0.4 is 10.2 Å². The van der Waals surface area contributed by atoms with E-state index >= 15 is 0 Å². The van der Waals surface area contributed by atoms with E-state index in [9.17, 15) is 4.79 Å². The Morgan fingerprint density at radius 2 is 2.17 bits per heavy atom. The fraction of sp³-hybridized carbons (Fsp3) is 0.412. The quantitative estimate of drug-likeness (QED) is 0.859. The minimum Gasteiger partial charge on any atom is -0.468 e. The summed E-state index contributed by atoms with van der Waals surface area (Å²) in [4.78, 5) is 13.9. The molecule has 6 heteroatoms. The fourth-order valence-corrected chi connectivity index (χ4v) is 2.82. The Morgan fingerprint density at radius 3 is 2.91 bits per heavy atom. The van der Waals surface area contributed by atoms with Gasteiger partial charge in [-0.15, -0.1) is 0 Å². The first kappa shape index (κ1) is 15.6. The lowest BCUT2D eigenvalue weighted by atomic mass is 10.2. The van der Waals surface area contributed by atoms with Crippen molar-refractivity contribution < 1.29 is 9.53 Å². The van der Waals surface area contributed by atoms with Gasteiger partial charge in [-0.1, -0.05) is 30.3 Å². The number of benzene rings is 1. The summed E-state index contributed by atoms with van der Waals surface area (Å²) in [5.41, 5.74) is 2.33. The van der Waals surface area contributed by atoms with Crippen LogP contribution in [0.5, 0.6) is 0 Å². The van der Waals surface area contributed by atoms with E-state index in [0.717, 1.165) is 31.1 Å². The van der Waals surface area contributed by atoms with Crippen molar-refractivity contribution in [3.63, 3.8) is 0 Å². The standard InChI is InChI=1S/C17H22N4O2/c1-13-10-16(19-21(13)11-14-6-4-3-5-7-14)20-9-8-18-15(12-20)17(22)23-2/h3-7,10,15,18H,8-9,11-12H2,1-2H3/t15-/m0/s1. The molecule has 0 aliphatic carbocycles. The molecule has 0 unspecified atom stereocenters. The van der Waals surface area contributed by atoms with Gasteiger partial charge in [0.25, 0.3) is 0 Å². The Labute approximate surface area is 136 Å². The lowest BCUT2D eigenvalue weighted by Crippen LogP contribution is -2.54. The van der Waals surface area contributed by atoms with E-state index in [0.29, 0.717) is 6.54 Å². The van der Waals surface area contributed by atoms with Crippen LogP contribution in [0.1, 0.15) is 11.3 Å². The maximum Gasteiger partial charge on any atom is 0.324 e. The minimum atomic E-state index is -0.298. The number of ether oxygens (including phenoxy) is 1. The molecule has 23 heavy (non-hydrogen) atoms. The Morgan fingerprint density at radius 1 is 1.39 bits per heavy atom. The molecule has 1 aromatic heterocycles. The van der Waals surface area contributed by atoms with Gasteiger partial charge in [-0.3, -0.25) is 9.48 Å². The Bertz CT molecular complexity index is 668. The second kappa shape index (κ2) is 6.83. The predicted octanol–water partition coefficient (Wildman–Crippen LogP) is 1.19. The molecular formula is C17H22N4O2. The highest BCUT2D eigenvalue weighted by Crippen LogP contribution is 2.17. The summed E-state index contributed by atoms with van der Waals surface area (Å²) in [6.45, 7) is 4.95. The third-order valence-electron chi connectivity index (χ3n) is 4.13. The smallest absolute Gasteiger partial charge is 0.324 e.